The molecular weight excluding hydrogens is 271 g/mol. The topological polar surface area (TPSA) is 78.7 Å². The lowest BCUT2D eigenvalue weighted by Crippen LogP contribution is -2.31. The van der Waals surface area contributed by atoms with E-state index >= 15 is 0 Å². The van der Waals surface area contributed by atoms with Crippen LogP contribution >= 0.6 is 0 Å². The highest BCUT2D eigenvalue weighted by Gasteiger charge is 2.39. The first kappa shape index (κ1) is 14.7. The third-order valence-corrected chi connectivity index (χ3v) is 1.98. The Hall–Kier alpha value is -2.32. The van der Waals surface area contributed by atoms with E-state index in [0.717, 1.165) is 24.3 Å². The molecule has 1 aromatic rings. The predicted octanol–water partition coefficient (Wildman–Crippen LogP) is 3.06. The molecule has 0 spiro atoms. The van der Waals surface area contributed by atoms with Crippen LogP contribution in [0.5, 0.6) is 5.75 Å². The van der Waals surface area contributed by atoms with Crippen molar-refractivity contribution in [3.8, 4) is 5.75 Å². The minimum Gasteiger partial charge on any atom is -0.421 e. The van der Waals surface area contributed by atoms with Gasteiger partial charge in [0.2, 0.25) is 0 Å². The number of nitrogens with zero attached hydrogens (tertiary/aromatic N) is 1. The number of alkyl halides is 3. The molecule has 9 heteroatoms. The average molecular weight is 279 g/mol. The Labute approximate surface area is 104 Å². The van der Waals surface area contributed by atoms with Crippen molar-refractivity contribution in [2.75, 3.05) is 0 Å². The van der Waals surface area contributed by atoms with E-state index in [1.54, 1.807) is 0 Å². The van der Waals surface area contributed by atoms with Gasteiger partial charge in [-0.15, -0.1) is 0 Å². The molecule has 104 valence electrons. The van der Waals surface area contributed by atoms with Crippen molar-refractivity contribution in [1.29, 1.82) is 0 Å². The Morgan fingerprint density at radius 1 is 1.32 bits per heavy atom. The van der Waals surface area contributed by atoms with E-state index in [1.165, 1.54) is 0 Å². The number of nitro benzene ring substituents is 1. The van der Waals surface area contributed by atoms with Crippen molar-refractivity contribution < 1.29 is 32.4 Å². The summed E-state index contributed by atoms with van der Waals surface area (Å²) in [4.78, 5) is 20.7. The van der Waals surface area contributed by atoms with Gasteiger partial charge in [-0.3, -0.25) is 10.1 Å². The zero-order valence-electron chi connectivity index (χ0n) is 9.51. The monoisotopic (exact) mass is 279 g/mol. The Kier molecular flexibility index (Phi) is 4.30. The zero-order valence-corrected chi connectivity index (χ0v) is 9.51. The fourth-order valence-electron chi connectivity index (χ4n) is 0.967. The second-order valence-corrected chi connectivity index (χ2v) is 3.40. The number of ether oxygens (including phenoxy) is 2. The number of rotatable bonds is 3. The number of non-ortho nitro benzene ring substituents is 1. The van der Waals surface area contributed by atoms with E-state index in [4.69, 9.17) is 0 Å². The lowest BCUT2D eigenvalue weighted by molar-refractivity contribution is -0.384. The summed E-state index contributed by atoms with van der Waals surface area (Å²) in [6.07, 6.45) is -8.54. The van der Waals surface area contributed by atoms with E-state index in [2.05, 4.69) is 9.47 Å². The van der Waals surface area contributed by atoms with E-state index in [-0.39, 0.29) is 11.4 Å². The molecule has 0 amide bonds. The van der Waals surface area contributed by atoms with Crippen molar-refractivity contribution >= 4 is 11.8 Å². The third kappa shape index (κ3) is 4.45. The third-order valence-electron chi connectivity index (χ3n) is 1.98. The van der Waals surface area contributed by atoms with Gasteiger partial charge in [0.05, 0.1) is 4.92 Å². The molecule has 0 saturated heterocycles. The van der Waals surface area contributed by atoms with Crippen LogP contribution in [0.4, 0.5) is 23.7 Å². The maximum Gasteiger partial charge on any atom is 0.514 e. The van der Waals surface area contributed by atoms with Gasteiger partial charge >= 0.3 is 12.3 Å². The van der Waals surface area contributed by atoms with Crippen LogP contribution < -0.4 is 4.74 Å². The molecule has 6 nitrogen and oxygen atoms in total. The second-order valence-electron chi connectivity index (χ2n) is 3.40. The highest BCUT2D eigenvalue weighted by Crippen LogP contribution is 2.23. The number of halogens is 3. The van der Waals surface area contributed by atoms with Gasteiger partial charge in [0, 0.05) is 12.1 Å². The number of carbonyl (C=O) groups excluding carboxylic acids is 1. The molecule has 0 fully saturated rings. The van der Waals surface area contributed by atoms with Crippen LogP contribution in [-0.4, -0.2) is 23.4 Å². The predicted molar refractivity (Wildman–Crippen MR) is 55.7 cm³/mol. The first-order valence-electron chi connectivity index (χ1n) is 4.90. The second kappa shape index (κ2) is 5.55. The van der Waals surface area contributed by atoms with Crippen molar-refractivity contribution in [2.24, 2.45) is 0 Å². The molecule has 1 atom stereocenters. The largest absolute Gasteiger partial charge is 0.514 e. The Bertz CT molecular complexity index is 471. The van der Waals surface area contributed by atoms with E-state index in [9.17, 15) is 28.1 Å². The summed E-state index contributed by atoms with van der Waals surface area (Å²) < 4.78 is 44.7. The van der Waals surface area contributed by atoms with Crippen LogP contribution in [0.2, 0.25) is 0 Å². The summed E-state index contributed by atoms with van der Waals surface area (Å²) in [7, 11) is 0. The average Bonchev–Trinajstić information content (AvgIpc) is 2.28. The maximum absolute atomic E-state index is 12.1. The van der Waals surface area contributed by atoms with Crippen LogP contribution in [0.25, 0.3) is 0 Å². The molecule has 0 radical (unpaired) electrons. The maximum atomic E-state index is 12.1. The molecule has 1 aromatic carbocycles. The molecular formula is C10H8F3NO5. The summed E-state index contributed by atoms with van der Waals surface area (Å²) >= 11 is 0. The van der Waals surface area contributed by atoms with Crippen LogP contribution in [0, 0.1) is 10.1 Å². The Balaban J connectivity index is 2.60. The molecule has 0 aliphatic carbocycles. The summed E-state index contributed by atoms with van der Waals surface area (Å²) in [5.41, 5.74) is -0.246. The highest BCUT2D eigenvalue weighted by atomic mass is 19.4. The van der Waals surface area contributed by atoms with E-state index in [1.807, 2.05) is 0 Å². The number of benzene rings is 1. The lowest BCUT2D eigenvalue weighted by atomic mass is 10.3. The summed E-state index contributed by atoms with van der Waals surface area (Å²) in [5.74, 6) is -0.162. The Morgan fingerprint density at radius 3 is 2.26 bits per heavy atom. The highest BCUT2D eigenvalue weighted by molar-refractivity contribution is 5.64. The fraction of sp³-hybridized carbons (Fsp3) is 0.300. The zero-order chi connectivity index (χ0) is 14.6. The van der Waals surface area contributed by atoms with Gasteiger partial charge in [0.1, 0.15) is 5.75 Å². The van der Waals surface area contributed by atoms with Gasteiger partial charge < -0.3 is 9.47 Å². The van der Waals surface area contributed by atoms with Crippen LogP contribution in [0.15, 0.2) is 24.3 Å². The standard InChI is InChI=1S/C10H8F3NO5/c1-6(10(11,12)13)18-9(15)19-8-4-2-7(3-5-8)14(16)17/h2-6H,1H3. The lowest BCUT2D eigenvalue weighted by Gasteiger charge is -2.15. The molecule has 0 saturated carbocycles. The summed E-state index contributed by atoms with van der Waals surface area (Å²) in [6.45, 7) is 0.650. The summed E-state index contributed by atoms with van der Waals surface area (Å²) in [5, 5.41) is 10.3. The molecule has 0 heterocycles. The van der Waals surface area contributed by atoms with Crippen molar-refractivity contribution in [3.63, 3.8) is 0 Å². The molecule has 1 rings (SSSR count). The van der Waals surface area contributed by atoms with Crippen LogP contribution in [0.3, 0.4) is 0 Å². The number of carbonyl (C=O) groups is 1. The molecule has 0 aliphatic heterocycles. The molecule has 0 bridgehead atoms. The van der Waals surface area contributed by atoms with Gasteiger partial charge in [0.25, 0.3) is 5.69 Å². The van der Waals surface area contributed by atoms with Crippen molar-refractivity contribution in [1.82, 2.24) is 0 Å². The van der Waals surface area contributed by atoms with Gasteiger partial charge in [-0.05, 0) is 19.1 Å². The number of nitro groups is 1. The minimum absolute atomic E-state index is 0.162. The molecule has 1 unspecified atom stereocenters. The Morgan fingerprint density at radius 2 is 1.84 bits per heavy atom. The molecule has 0 aromatic heterocycles. The summed E-state index contributed by atoms with van der Waals surface area (Å²) in [6, 6.07) is 4.21. The van der Waals surface area contributed by atoms with E-state index in [0.29, 0.717) is 6.92 Å². The van der Waals surface area contributed by atoms with E-state index < -0.39 is 23.4 Å². The van der Waals surface area contributed by atoms with Gasteiger partial charge in [-0.25, -0.2) is 4.79 Å². The number of hydrogen-bond donors (Lipinski definition) is 0. The molecule has 19 heavy (non-hydrogen) atoms. The molecule has 0 aliphatic rings. The molecule has 0 N–H and O–H groups in total. The SMILES string of the molecule is CC(OC(=O)Oc1ccc([N+](=O)[O-])cc1)C(F)(F)F. The first-order chi connectivity index (χ1) is 8.70. The van der Waals surface area contributed by atoms with Crippen molar-refractivity contribution in [2.45, 2.75) is 19.2 Å². The van der Waals surface area contributed by atoms with Crippen LogP contribution in [-0.2, 0) is 4.74 Å². The first-order valence-corrected chi connectivity index (χ1v) is 4.90. The van der Waals surface area contributed by atoms with Gasteiger partial charge in [-0.2, -0.15) is 13.2 Å². The fourth-order valence-corrected chi connectivity index (χ4v) is 0.967. The van der Waals surface area contributed by atoms with Crippen molar-refractivity contribution in [3.05, 3.63) is 34.4 Å². The van der Waals surface area contributed by atoms with Gasteiger partial charge in [0.15, 0.2) is 6.10 Å². The smallest absolute Gasteiger partial charge is 0.421 e. The normalized spacial score (nSPS) is 12.6. The quantitative estimate of drug-likeness (QED) is 0.367. The van der Waals surface area contributed by atoms with Gasteiger partial charge in [-0.1, -0.05) is 0 Å². The minimum atomic E-state index is -4.69. The van der Waals surface area contributed by atoms with Crippen LogP contribution in [0.1, 0.15) is 6.92 Å². The number of hydrogen-bond acceptors (Lipinski definition) is 5.